The number of likely N-dealkylation sites (N-methyl/N-ethyl adjacent to an activating group) is 1. The second-order valence-corrected chi connectivity index (χ2v) is 10.4. The van der Waals surface area contributed by atoms with E-state index in [1.165, 1.54) is 12.8 Å². The number of fused-ring (bicyclic) bond motifs is 1. The third-order valence-corrected chi connectivity index (χ3v) is 7.25. The van der Waals surface area contributed by atoms with Crippen molar-refractivity contribution in [3.05, 3.63) is 59.7 Å². The average Bonchev–Trinajstić information content (AvgIpc) is 3.69. The van der Waals surface area contributed by atoms with Crippen LogP contribution in [0.25, 0.3) is 0 Å². The lowest BCUT2D eigenvalue weighted by Crippen LogP contribution is -2.47. The summed E-state index contributed by atoms with van der Waals surface area (Å²) in [6, 6.07) is 15.1. The van der Waals surface area contributed by atoms with E-state index >= 15 is 0 Å². The molecule has 0 radical (unpaired) electrons. The second kappa shape index (κ2) is 11.9. The molecule has 0 saturated heterocycles. The zero-order valence-corrected chi connectivity index (χ0v) is 21.9. The van der Waals surface area contributed by atoms with Crippen LogP contribution in [0.3, 0.4) is 0 Å². The summed E-state index contributed by atoms with van der Waals surface area (Å²) in [4.78, 5) is 30.4. The summed E-state index contributed by atoms with van der Waals surface area (Å²) in [6.45, 7) is 7.32. The summed E-state index contributed by atoms with van der Waals surface area (Å²) in [6.07, 6.45) is 2.78. The van der Waals surface area contributed by atoms with Crippen molar-refractivity contribution in [2.24, 2.45) is 11.8 Å². The first kappa shape index (κ1) is 26.2. The van der Waals surface area contributed by atoms with Crippen LogP contribution >= 0.6 is 0 Å². The molecule has 0 aromatic heterocycles. The maximum absolute atomic E-state index is 13.5. The van der Waals surface area contributed by atoms with Crippen LogP contribution in [0, 0.1) is 11.8 Å². The van der Waals surface area contributed by atoms with Gasteiger partial charge in [0.25, 0.3) is 5.91 Å². The molecule has 2 amide bonds. The van der Waals surface area contributed by atoms with E-state index in [1.807, 2.05) is 30.3 Å². The molecule has 2 aromatic rings. The Bertz CT molecular complexity index is 1040. The first-order valence-electron chi connectivity index (χ1n) is 13.0. The Kier molecular flexibility index (Phi) is 8.64. The Labute approximate surface area is 214 Å². The number of carbonyl (C=O) groups excluding carboxylic acids is 2. The highest BCUT2D eigenvalue weighted by Crippen LogP contribution is 2.32. The van der Waals surface area contributed by atoms with Gasteiger partial charge in [-0.1, -0.05) is 37.3 Å². The van der Waals surface area contributed by atoms with Crippen molar-refractivity contribution in [1.29, 1.82) is 0 Å². The first-order chi connectivity index (χ1) is 17.3. The number of anilines is 1. The molecule has 7 nitrogen and oxygen atoms in total. The smallest absolute Gasteiger partial charge is 0.257 e. The van der Waals surface area contributed by atoms with E-state index in [1.54, 1.807) is 37.3 Å². The van der Waals surface area contributed by atoms with Gasteiger partial charge in [-0.2, -0.15) is 0 Å². The third-order valence-electron chi connectivity index (χ3n) is 7.25. The molecular formula is C29H39N3O4. The van der Waals surface area contributed by atoms with Crippen LogP contribution in [0.2, 0.25) is 0 Å². The summed E-state index contributed by atoms with van der Waals surface area (Å²) in [7, 11) is 3.51. The molecule has 36 heavy (non-hydrogen) atoms. The van der Waals surface area contributed by atoms with Crippen LogP contribution in [0.1, 0.15) is 42.6 Å². The van der Waals surface area contributed by atoms with Crippen LogP contribution in [-0.2, 0) is 16.0 Å². The van der Waals surface area contributed by atoms with E-state index in [9.17, 15) is 9.59 Å². The van der Waals surface area contributed by atoms with E-state index in [2.05, 4.69) is 24.1 Å². The van der Waals surface area contributed by atoms with Gasteiger partial charge < -0.3 is 19.7 Å². The quantitative estimate of drug-likeness (QED) is 0.657. The molecule has 1 aliphatic carbocycles. The van der Waals surface area contributed by atoms with E-state index < -0.39 is 0 Å². The number of ether oxygens (including phenoxy) is 2. The number of rotatable bonds is 6. The zero-order chi connectivity index (χ0) is 25.7. The summed E-state index contributed by atoms with van der Waals surface area (Å²) in [5.41, 5.74) is 1.95. The lowest BCUT2D eigenvalue weighted by Gasteiger charge is -2.36. The molecule has 1 heterocycles. The van der Waals surface area contributed by atoms with Gasteiger partial charge in [-0.05, 0) is 55.4 Å². The van der Waals surface area contributed by atoms with Gasteiger partial charge >= 0.3 is 0 Å². The second-order valence-electron chi connectivity index (χ2n) is 10.4. The number of hydrogen-bond donors (Lipinski definition) is 1. The maximum Gasteiger partial charge on any atom is 0.257 e. The standard InChI is InChI=1S/C29H39N3O4/c1-20-16-32(17-23-10-11-23)21(2)19-36-26-13-12-24(30-28(33)14-22-8-6-5-7-9-22)15-25(26)29(34)31(3)18-27(20)35-4/h5-9,12-13,15,20-21,23,27H,10-11,14,16-19H2,1-4H3,(H,30,33)/t20-,21+,27-/m0/s1. The molecule has 0 bridgehead atoms. The van der Waals surface area contributed by atoms with Crippen molar-refractivity contribution in [2.45, 2.75) is 45.3 Å². The van der Waals surface area contributed by atoms with E-state index in [0.717, 1.165) is 24.6 Å². The molecule has 0 unspecified atom stereocenters. The molecule has 1 fully saturated rings. The molecule has 3 atom stereocenters. The van der Waals surface area contributed by atoms with Gasteiger partial charge in [0.2, 0.25) is 5.91 Å². The summed E-state index contributed by atoms with van der Waals surface area (Å²) < 4.78 is 12.1. The van der Waals surface area contributed by atoms with Crippen LogP contribution < -0.4 is 10.1 Å². The fraction of sp³-hybridized carbons (Fsp3) is 0.517. The Hall–Kier alpha value is -2.90. The number of nitrogens with one attached hydrogen (secondary N) is 1. The number of benzene rings is 2. The lowest BCUT2D eigenvalue weighted by atomic mass is 10.0. The molecule has 4 rings (SSSR count). The highest BCUT2D eigenvalue weighted by atomic mass is 16.5. The molecule has 2 aromatic carbocycles. The number of carbonyl (C=O) groups is 2. The maximum atomic E-state index is 13.5. The molecule has 1 aliphatic heterocycles. The van der Waals surface area contributed by atoms with Gasteiger partial charge in [-0.15, -0.1) is 0 Å². The zero-order valence-electron chi connectivity index (χ0n) is 21.9. The number of hydrogen-bond acceptors (Lipinski definition) is 5. The number of amides is 2. The summed E-state index contributed by atoms with van der Waals surface area (Å²) in [5.74, 6) is 1.28. The molecular weight excluding hydrogens is 454 g/mol. The van der Waals surface area contributed by atoms with Gasteiger partial charge in [-0.25, -0.2) is 0 Å². The van der Waals surface area contributed by atoms with Gasteiger partial charge in [0.15, 0.2) is 0 Å². The molecule has 7 heteroatoms. The molecule has 1 N–H and O–H groups in total. The lowest BCUT2D eigenvalue weighted by molar-refractivity contribution is -0.115. The van der Waals surface area contributed by atoms with Crippen LogP contribution in [0.15, 0.2) is 48.5 Å². The van der Waals surface area contributed by atoms with Crippen LogP contribution in [-0.4, -0.2) is 74.2 Å². The fourth-order valence-electron chi connectivity index (χ4n) is 4.80. The molecule has 0 spiro atoms. The molecule has 1 saturated carbocycles. The van der Waals surface area contributed by atoms with Crippen molar-refractivity contribution in [2.75, 3.05) is 45.7 Å². The van der Waals surface area contributed by atoms with Gasteiger partial charge in [0.1, 0.15) is 12.4 Å². The van der Waals surface area contributed by atoms with Crippen LogP contribution in [0.5, 0.6) is 5.75 Å². The first-order valence-corrected chi connectivity index (χ1v) is 13.0. The van der Waals surface area contributed by atoms with Gasteiger partial charge in [0.05, 0.1) is 18.1 Å². The molecule has 2 aliphatic rings. The highest BCUT2D eigenvalue weighted by Gasteiger charge is 2.31. The Balaban J connectivity index is 1.56. The largest absolute Gasteiger partial charge is 0.491 e. The molecule has 194 valence electrons. The van der Waals surface area contributed by atoms with Crippen molar-refractivity contribution < 1.29 is 19.1 Å². The Morgan fingerprint density at radius 2 is 1.86 bits per heavy atom. The SMILES string of the molecule is CO[C@H]1CN(C)C(=O)c2cc(NC(=O)Cc3ccccc3)ccc2OC[C@@H](C)N(CC2CC2)C[C@@H]1C. The van der Waals surface area contributed by atoms with Crippen molar-refractivity contribution >= 4 is 17.5 Å². The van der Waals surface area contributed by atoms with Crippen molar-refractivity contribution in [3.63, 3.8) is 0 Å². The predicted molar refractivity (Wildman–Crippen MR) is 141 cm³/mol. The minimum absolute atomic E-state index is 0.0783. The minimum atomic E-state index is -0.151. The van der Waals surface area contributed by atoms with Crippen molar-refractivity contribution in [3.8, 4) is 5.75 Å². The topological polar surface area (TPSA) is 71.1 Å². The van der Waals surface area contributed by atoms with Gasteiger partial charge in [0, 0.05) is 45.5 Å². The summed E-state index contributed by atoms with van der Waals surface area (Å²) in [5, 5.41) is 2.94. The van der Waals surface area contributed by atoms with Gasteiger partial charge in [-0.3, -0.25) is 14.5 Å². The number of nitrogens with zero attached hydrogens (tertiary/aromatic N) is 2. The summed E-state index contributed by atoms with van der Waals surface area (Å²) >= 11 is 0. The average molecular weight is 494 g/mol. The highest BCUT2D eigenvalue weighted by molar-refractivity contribution is 5.99. The van der Waals surface area contributed by atoms with Crippen molar-refractivity contribution in [1.82, 2.24) is 9.80 Å². The van der Waals surface area contributed by atoms with Crippen LogP contribution in [0.4, 0.5) is 5.69 Å². The third kappa shape index (κ3) is 6.86. The predicted octanol–water partition coefficient (Wildman–Crippen LogP) is 4.08. The van der Waals surface area contributed by atoms with E-state index in [-0.39, 0.29) is 36.3 Å². The number of methoxy groups -OCH3 is 1. The monoisotopic (exact) mass is 493 g/mol. The van der Waals surface area contributed by atoms with E-state index in [4.69, 9.17) is 9.47 Å². The normalized spacial score (nSPS) is 23.7. The fourth-order valence-corrected chi connectivity index (χ4v) is 4.80. The van der Waals surface area contributed by atoms with E-state index in [0.29, 0.717) is 30.2 Å². The Morgan fingerprint density at radius 1 is 1.11 bits per heavy atom. The Morgan fingerprint density at radius 3 is 2.56 bits per heavy atom. The minimum Gasteiger partial charge on any atom is -0.491 e.